The molecule has 2 heterocycles. The molecule has 4 rings (SSSR count). The lowest BCUT2D eigenvalue weighted by Crippen LogP contribution is -2.44. The predicted molar refractivity (Wildman–Crippen MR) is 123 cm³/mol. The van der Waals surface area contributed by atoms with E-state index in [0.717, 1.165) is 11.1 Å². The van der Waals surface area contributed by atoms with Crippen molar-refractivity contribution in [3.63, 3.8) is 0 Å². The second-order valence-corrected chi connectivity index (χ2v) is 10.3. The minimum atomic E-state index is -3.10. The first kappa shape index (κ1) is 22.7. The van der Waals surface area contributed by atoms with Crippen LogP contribution in [0.15, 0.2) is 59.4 Å². The maximum Gasteiger partial charge on any atom is 0.244 e. The van der Waals surface area contributed by atoms with Crippen LogP contribution in [0, 0.1) is 12.8 Å². The Labute approximate surface area is 191 Å². The molecule has 1 saturated heterocycles. The van der Waals surface area contributed by atoms with Crippen LogP contribution in [0.5, 0.6) is 0 Å². The van der Waals surface area contributed by atoms with Crippen LogP contribution in [-0.4, -0.2) is 48.4 Å². The molecule has 1 N–H and O–H groups in total. The SMILES string of the molecule is Cc1ccccc1N(CC(=O)Nc1ccc(-c2ncon2)cc1)C(=O)C1CCS(=O)(=O)CC1. The van der Waals surface area contributed by atoms with E-state index < -0.39 is 15.8 Å². The summed E-state index contributed by atoms with van der Waals surface area (Å²) in [6.45, 7) is 1.69. The summed E-state index contributed by atoms with van der Waals surface area (Å²) < 4.78 is 28.3. The van der Waals surface area contributed by atoms with Crippen molar-refractivity contribution < 1.29 is 22.5 Å². The van der Waals surface area contributed by atoms with Gasteiger partial charge in [0.1, 0.15) is 16.4 Å². The summed E-state index contributed by atoms with van der Waals surface area (Å²) >= 11 is 0. The predicted octanol–water partition coefficient (Wildman–Crippen LogP) is 2.84. The Morgan fingerprint density at radius 1 is 1.09 bits per heavy atom. The summed E-state index contributed by atoms with van der Waals surface area (Å²) in [5.74, 6) is -0.605. The van der Waals surface area contributed by atoms with E-state index in [4.69, 9.17) is 4.52 Å². The molecule has 2 amide bonds. The summed E-state index contributed by atoms with van der Waals surface area (Å²) in [6, 6.07) is 14.3. The van der Waals surface area contributed by atoms with Crippen molar-refractivity contribution in [2.24, 2.45) is 5.92 Å². The average molecular weight is 469 g/mol. The minimum absolute atomic E-state index is 0.00998. The second kappa shape index (κ2) is 9.53. The third kappa shape index (κ3) is 5.46. The summed E-state index contributed by atoms with van der Waals surface area (Å²) in [5.41, 5.74) is 2.80. The zero-order chi connectivity index (χ0) is 23.4. The quantitative estimate of drug-likeness (QED) is 0.590. The van der Waals surface area contributed by atoms with Gasteiger partial charge in [0.2, 0.25) is 24.0 Å². The molecule has 0 radical (unpaired) electrons. The van der Waals surface area contributed by atoms with Gasteiger partial charge in [0, 0.05) is 22.9 Å². The van der Waals surface area contributed by atoms with Crippen LogP contribution in [0.4, 0.5) is 11.4 Å². The van der Waals surface area contributed by atoms with E-state index in [1.807, 2.05) is 25.1 Å². The van der Waals surface area contributed by atoms with Gasteiger partial charge in [-0.15, -0.1) is 0 Å². The van der Waals surface area contributed by atoms with Gasteiger partial charge in [-0.25, -0.2) is 8.42 Å². The molecule has 3 aromatic rings. The summed E-state index contributed by atoms with van der Waals surface area (Å²) in [7, 11) is -3.10. The highest BCUT2D eigenvalue weighted by Crippen LogP contribution is 2.27. The van der Waals surface area contributed by atoms with Crippen LogP contribution >= 0.6 is 0 Å². The van der Waals surface area contributed by atoms with Gasteiger partial charge >= 0.3 is 0 Å². The lowest BCUT2D eigenvalue weighted by molar-refractivity contribution is -0.124. The first-order valence-electron chi connectivity index (χ1n) is 10.6. The van der Waals surface area contributed by atoms with Crippen LogP contribution in [0.2, 0.25) is 0 Å². The number of aryl methyl sites for hydroxylation is 1. The van der Waals surface area contributed by atoms with Crippen LogP contribution in [0.1, 0.15) is 18.4 Å². The molecule has 0 atom stereocenters. The molecule has 33 heavy (non-hydrogen) atoms. The molecular formula is C23H24N4O5S. The number of carbonyl (C=O) groups excluding carboxylic acids is 2. The Morgan fingerprint density at radius 2 is 1.79 bits per heavy atom. The molecule has 0 unspecified atom stereocenters. The molecule has 0 aliphatic carbocycles. The van der Waals surface area contributed by atoms with Crippen molar-refractivity contribution in [3.8, 4) is 11.4 Å². The standard InChI is InChI=1S/C23H24N4O5S/c1-16-4-2-3-5-20(16)27(23(29)18-10-12-33(30,31)13-11-18)14-21(28)25-19-8-6-17(7-9-19)22-24-15-32-26-22/h2-9,15,18H,10-14H2,1H3,(H,25,28). The minimum Gasteiger partial charge on any atom is -0.342 e. The number of sulfone groups is 1. The van der Waals surface area contributed by atoms with Crippen molar-refractivity contribution in [1.82, 2.24) is 10.1 Å². The number of nitrogens with one attached hydrogen (secondary N) is 1. The fourth-order valence-corrected chi connectivity index (χ4v) is 5.34. The number of rotatable bonds is 6. The number of aromatic nitrogens is 2. The van der Waals surface area contributed by atoms with E-state index in [1.54, 1.807) is 30.3 Å². The van der Waals surface area contributed by atoms with Crippen LogP contribution in [-0.2, 0) is 19.4 Å². The van der Waals surface area contributed by atoms with Gasteiger partial charge in [-0.3, -0.25) is 9.59 Å². The molecule has 1 aliphatic rings. The Kier molecular flexibility index (Phi) is 6.55. The van der Waals surface area contributed by atoms with E-state index in [0.29, 0.717) is 17.2 Å². The summed E-state index contributed by atoms with van der Waals surface area (Å²) in [4.78, 5) is 31.7. The molecule has 1 aliphatic heterocycles. The summed E-state index contributed by atoms with van der Waals surface area (Å²) in [5, 5.41) is 6.59. The highest BCUT2D eigenvalue weighted by molar-refractivity contribution is 7.91. The van der Waals surface area contributed by atoms with Crippen molar-refractivity contribution in [1.29, 1.82) is 0 Å². The number of anilines is 2. The number of benzene rings is 2. The molecule has 1 aromatic heterocycles. The van der Waals surface area contributed by atoms with E-state index in [1.165, 1.54) is 11.3 Å². The Bertz CT molecular complexity index is 1230. The fraction of sp³-hybridized carbons (Fsp3) is 0.304. The van der Waals surface area contributed by atoms with Gasteiger partial charge in [0.05, 0.1) is 11.5 Å². The van der Waals surface area contributed by atoms with Crippen molar-refractivity contribution in [2.75, 3.05) is 28.3 Å². The van der Waals surface area contributed by atoms with Crippen LogP contribution in [0.25, 0.3) is 11.4 Å². The molecule has 1 fully saturated rings. The molecule has 0 saturated carbocycles. The van der Waals surface area contributed by atoms with E-state index in [-0.39, 0.29) is 42.7 Å². The maximum absolute atomic E-state index is 13.4. The zero-order valence-corrected chi connectivity index (χ0v) is 18.9. The van der Waals surface area contributed by atoms with Gasteiger partial charge in [0.15, 0.2) is 0 Å². The molecular weight excluding hydrogens is 444 g/mol. The van der Waals surface area contributed by atoms with Gasteiger partial charge in [0.25, 0.3) is 0 Å². The maximum atomic E-state index is 13.4. The van der Waals surface area contributed by atoms with Crippen LogP contribution < -0.4 is 10.2 Å². The first-order chi connectivity index (χ1) is 15.8. The van der Waals surface area contributed by atoms with Gasteiger partial charge in [-0.2, -0.15) is 4.98 Å². The monoisotopic (exact) mass is 468 g/mol. The van der Waals surface area contributed by atoms with Gasteiger partial charge in [-0.1, -0.05) is 23.4 Å². The third-order valence-electron chi connectivity index (χ3n) is 5.67. The smallest absolute Gasteiger partial charge is 0.244 e. The van der Waals surface area contributed by atoms with Gasteiger partial charge < -0.3 is 14.7 Å². The molecule has 172 valence electrons. The highest BCUT2D eigenvalue weighted by atomic mass is 32.2. The lowest BCUT2D eigenvalue weighted by Gasteiger charge is -2.30. The number of hydrogen-bond acceptors (Lipinski definition) is 7. The normalized spacial score (nSPS) is 15.7. The number of carbonyl (C=O) groups is 2. The Balaban J connectivity index is 1.49. The van der Waals surface area contributed by atoms with E-state index >= 15 is 0 Å². The fourth-order valence-electron chi connectivity index (χ4n) is 3.85. The van der Waals surface area contributed by atoms with Crippen LogP contribution in [0.3, 0.4) is 0 Å². The highest BCUT2D eigenvalue weighted by Gasteiger charge is 2.33. The lowest BCUT2D eigenvalue weighted by atomic mass is 10.00. The van der Waals surface area contributed by atoms with Crippen molar-refractivity contribution in [3.05, 3.63) is 60.5 Å². The molecule has 10 heteroatoms. The number of para-hydroxylation sites is 1. The first-order valence-corrected chi connectivity index (χ1v) is 12.4. The van der Waals surface area contributed by atoms with E-state index in [9.17, 15) is 18.0 Å². The number of amides is 2. The number of hydrogen-bond donors (Lipinski definition) is 1. The third-order valence-corrected chi connectivity index (χ3v) is 7.38. The second-order valence-electron chi connectivity index (χ2n) is 8.02. The van der Waals surface area contributed by atoms with Crippen molar-refractivity contribution >= 4 is 33.0 Å². The number of nitrogens with zero attached hydrogens (tertiary/aromatic N) is 3. The molecule has 9 nitrogen and oxygen atoms in total. The van der Waals surface area contributed by atoms with Gasteiger partial charge in [-0.05, 0) is 55.7 Å². The topological polar surface area (TPSA) is 122 Å². The Hall–Kier alpha value is -3.53. The molecule has 0 bridgehead atoms. The average Bonchev–Trinajstić information content (AvgIpc) is 3.33. The zero-order valence-electron chi connectivity index (χ0n) is 18.1. The molecule has 0 spiro atoms. The largest absolute Gasteiger partial charge is 0.342 e. The molecule has 2 aromatic carbocycles. The van der Waals surface area contributed by atoms with Crippen molar-refractivity contribution in [2.45, 2.75) is 19.8 Å². The summed E-state index contributed by atoms with van der Waals surface area (Å²) in [6.07, 6.45) is 1.77. The van der Waals surface area contributed by atoms with E-state index in [2.05, 4.69) is 15.5 Å². The Morgan fingerprint density at radius 3 is 2.42 bits per heavy atom.